The number of carboxylic acids is 1. The third kappa shape index (κ3) is 5.46. The number of nitrogens with zero attached hydrogens (tertiary/aromatic N) is 2. The molecular weight excluding hydrogens is 442 g/mol. The van der Waals surface area contributed by atoms with Gasteiger partial charge in [0.05, 0.1) is 6.61 Å². The van der Waals surface area contributed by atoms with Gasteiger partial charge in [-0.3, -0.25) is 10.1 Å². The Morgan fingerprint density at radius 3 is 2.24 bits per heavy atom. The smallest absolute Gasteiger partial charge is 0.323 e. The summed E-state index contributed by atoms with van der Waals surface area (Å²) < 4.78 is 5.97. The lowest BCUT2D eigenvalue weighted by atomic mass is 9.96. The van der Waals surface area contributed by atoms with Gasteiger partial charge in [0.2, 0.25) is 11.8 Å². The second-order valence-electron chi connectivity index (χ2n) is 7.41. The molecule has 170 valence electrons. The summed E-state index contributed by atoms with van der Waals surface area (Å²) in [6, 6.07) is 22.6. The van der Waals surface area contributed by atoms with Crippen molar-refractivity contribution in [3.63, 3.8) is 0 Å². The number of aliphatic carboxylic acids is 1. The quantitative estimate of drug-likeness (QED) is 0.355. The van der Waals surface area contributed by atoms with Crippen LogP contribution in [0.1, 0.15) is 11.1 Å². The van der Waals surface area contributed by atoms with Crippen LogP contribution in [0.3, 0.4) is 0 Å². The molecule has 0 saturated carbocycles. The molecule has 0 aliphatic carbocycles. The van der Waals surface area contributed by atoms with Crippen molar-refractivity contribution in [3.8, 4) is 34.0 Å². The minimum atomic E-state index is -1.09. The number of nitrogens with one attached hydrogen (secondary N) is 1. The van der Waals surface area contributed by atoms with Gasteiger partial charge in [-0.15, -0.1) is 22.6 Å². The lowest BCUT2D eigenvalue weighted by Crippen LogP contribution is -2.39. The number of aliphatic hydroxyl groups excluding tert-OH is 1. The van der Waals surface area contributed by atoms with Crippen LogP contribution in [0, 0.1) is 6.92 Å². The Morgan fingerprint density at radius 1 is 0.909 bits per heavy atom. The highest BCUT2D eigenvalue weighted by Gasteiger charge is 2.16. The minimum Gasteiger partial charge on any atom is -0.480 e. The number of hydrogen-bond acceptors (Lipinski definition) is 6. The highest BCUT2D eigenvalue weighted by Crippen LogP contribution is 2.32. The molecule has 0 aliphatic heterocycles. The zero-order valence-corrected chi connectivity index (χ0v) is 18.7. The van der Waals surface area contributed by atoms with E-state index in [1.807, 2.05) is 61.5 Å². The zero-order valence-electron chi connectivity index (χ0n) is 17.9. The summed E-state index contributed by atoms with van der Waals surface area (Å²) in [6.45, 7) is 1.89. The van der Waals surface area contributed by atoms with Gasteiger partial charge in [0.25, 0.3) is 0 Å². The van der Waals surface area contributed by atoms with Gasteiger partial charge in [0.1, 0.15) is 6.04 Å². The lowest BCUT2D eigenvalue weighted by Gasteiger charge is -2.11. The standard InChI is InChI=1S/C25H23N3O4.ClH/c1-16-20(18-6-3-2-4-7-18)8-5-9-21(16)24-28-27-23(32-24)19-12-10-17(11-13-19)14-26-22(15-29)25(30)31;/h2-13,22,26,29H,14-15H2,1H3,(H,30,31);1H. The average molecular weight is 466 g/mol. The summed E-state index contributed by atoms with van der Waals surface area (Å²) in [5, 5.41) is 29.3. The van der Waals surface area contributed by atoms with E-state index in [-0.39, 0.29) is 12.4 Å². The van der Waals surface area contributed by atoms with E-state index in [4.69, 9.17) is 14.6 Å². The maximum absolute atomic E-state index is 11.0. The molecule has 0 fully saturated rings. The first-order valence-corrected chi connectivity index (χ1v) is 10.2. The first-order chi connectivity index (χ1) is 15.6. The summed E-state index contributed by atoms with van der Waals surface area (Å²) in [5.74, 6) is -0.231. The molecule has 0 bridgehead atoms. The van der Waals surface area contributed by atoms with Gasteiger partial charge in [-0.2, -0.15) is 0 Å². The fraction of sp³-hybridized carbons (Fsp3) is 0.160. The molecule has 33 heavy (non-hydrogen) atoms. The SMILES string of the molecule is Cc1c(-c2ccccc2)cccc1-c1nnc(-c2ccc(CNC(CO)C(=O)O)cc2)o1.Cl. The Labute approximate surface area is 197 Å². The van der Waals surface area contributed by atoms with E-state index in [2.05, 4.69) is 33.7 Å². The van der Waals surface area contributed by atoms with Gasteiger partial charge < -0.3 is 14.6 Å². The van der Waals surface area contributed by atoms with Gasteiger partial charge in [-0.05, 0) is 47.4 Å². The fourth-order valence-corrected chi connectivity index (χ4v) is 3.48. The molecule has 7 nitrogen and oxygen atoms in total. The molecule has 4 aromatic rings. The molecule has 0 amide bonds. The Morgan fingerprint density at radius 2 is 1.58 bits per heavy atom. The summed E-state index contributed by atoms with van der Waals surface area (Å²) >= 11 is 0. The van der Waals surface area contributed by atoms with Crippen LogP contribution < -0.4 is 5.32 Å². The maximum atomic E-state index is 11.0. The Bertz CT molecular complexity index is 1210. The molecule has 4 rings (SSSR count). The zero-order chi connectivity index (χ0) is 22.5. The monoisotopic (exact) mass is 465 g/mol. The van der Waals surface area contributed by atoms with Crippen LogP contribution in [0.2, 0.25) is 0 Å². The van der Waals surface area contributed by atoms with Crippen LogP contribution in [-0.4, -0.2) is 39.0 Å². The molecule has 8 heteroatoms. The van der Waals surface area contributed by atoms with Gasteiger partial charge in [0.15, 0.2) is 0 Å². The van der Waals surface area contributed by atoms with Gasteiger partial charge in [-0.25, -0.2) is 0 Å². The van der Waals surface area contributed by atoms with Crippen molar-refractivity contribution < 1.29 is 19.4 Å². The van der Waals surface area contributed by atoms with E-state index >= 15 is 0 Å². The molecule has 1 aromatic heterocycles. The predicted molar refractivity (Wildman–Crippen MR) is 128 cm³/mol. The summed E-state index contributed by atoms with van der Waals surface area (Å²) in [5.41, 5.74) is 5.83. The molecule has 3 N–H and O–H groups in total. The Balaban J connectivity index is 0.00000306. The van der Waals surface area contributed by atoms with E-state index in [0.717, 1.165) is 33.4 Å². The number of carboxylic acid groups (broad SMARTS) is 1. The molecule has 1 heterocycles. The number of benzene rings is 3. The van der Waals surface area contributed by atoms with Crippen molar-refractivity contribution in [2.45, 2.75) is 19.5 Å². The van der Waals surface area contributed by atoms with Gasteiger partial charge in [0, 0.05) is 17.7 Å². The Kier molecular flexibility index (Phi) is 7.95. The van der Waals surface area contributed by atoms with Crippen LogP contribution in [0.5, 0.6) is 0 Å². The normalized spacial score (nSPS) is 11.6. The highest BCUT2D eigenvalue weighted by atomic mass is 35.5. The molecule has 0 aliphatic rings. The van der Waals surface area contributed by atoms with Crippen molar-refractivity contribution >= 4 is 18.4 Å². The second-order valence-corrected chi connectivity index (χ2v) is 7.41. The van der Waals surface area contributed by atoms with Crippen molar-refractivity contribution in [2.24, 2.45) is 0 Å². The predicted octanol–water partition coefficient (Wildman–Crippen LogP) is 4.34. The third-order valence-corrected chi connectivity index (χ3v) is 5.31. The van der Waals surface area contributed by atoms with Gasteiger partial charge >= 0.3 is 5.97 Å². The summed E-state index contributed by atoms with van der Waals surface area (Å²) in [4.78, 5) is 11.0. The summed E-state index contributed by atoms with van der Waals surface area (Å²) in [6.07, 6.45) is 0. The van der Waals surface area contributed by atoms with Crippen molar-refractivity contribution in [1.82, 2.24) is 15.5 Å². The molecule has 3 aromatic carbocycles. The van der Waals surface area contributed by atoms with E-state index < -0.39 is 18.6 Å². The van der Waals surface area contributed by atoms with Crippen molar-refractivity contribution in [3.05, 3.63) is 83.9 Å². The number of hydrogen-bond donors (Lipinski definition) is 3. The van der Waals surface area contributed by atoms with Gasteiger partial charge in [-0.1, -0.05) is 54.6 Å². The first kappa shape index (κ1) is 24.1. The number of rotatable bonds is 8. The van der Waals surface area contributed by atoms with Crippen LogP contribution in [0.25, 0.3) is 34.0 Å². The fourth-order valence-electron chi connectivity index (χ4n) is 3.48. The van der Waals surface area contributed by atoms with E-state index in [1.165, 1.54) is 0 Å². The molecule has 0 spiro atoms. The second kappa shape index (κ2) is 10.9. The number of aromatic nitrogens is 2. The van der Waals surface area contributed by atoms with Crippen LogP contribution in [-0.2, 0) is 11.3 Å². The first-order valence-electron chi connectivity index (χ1n) is 10.2. The van der Waals surface area contributed by atoms with Crippen molar-refractivity contribution in [2.75, 3.05) is 6.61 Å². The van der Waals surface area contributed by atoms with Crippen LogP contribution in [0.15, 0.2) is 77.2 Å². The summed E-state index contributed by atoms with van der Waals surface area (Å²) in [7, 11) is 0. The highest BCUT2D eigenvalue weighted by molar-refractivity contribution is 5.85. The molecule has 1 atom stereocenters. The number of carbonyl (C=O) groups is 1. The molecular formula is C25H24ClN3O4. The average Bonchev–Trinajstić information content (AvgIpc) is 3.30. The van der Waals surface area contributed by atoms with Crippen LogP contribution in [0.4, 0.5) is 0 Å². The topological polar surface area (TPSA) is 108 Å². The number of halogens is 1. The van der Waals surface area contributed by atoms with E-state index in [0.29, 0.717) is 18.3 Å². The Hall–Kier alpha value is -3.52. The maximum Gasteiger partial charge on any atom is 0.323 e. The van der Waals surface area contributed by atoms with Crippen molar-refractivity contribution in [1.29, 1.82) is 0 Å². The van der Waals surface area contributed by atoms with Crippen LogP contribution >= 0.6 is 12.4 Å². The lowest BCUT2D eigenvalue weighted by molar-refractivity contribution is -0.140. The minimum absolute atomic E-state index is 0. The largest absolute Gasteiger partial charge is 0.480 e. The third-order valence-electron chi connectivity index (χ3n) is 5.31. The molecule has 0 saturated heterocycles. The molecule has 0 radical (unpaired) electrons. The molecule has 1 unspecified atom stereocenters. The van der Waals surface area contributed by atoms with E-state index in [1.54, 1.807) is 0 Å². The van der Waals surface area contributed by atoms with E-state index in [9.17, 15) is 4.79 Å². The number of aliphatic hydroxyl groups is 1.